The zero-order valence-corrected chi connectivity index (χ0v) is 8.09. The van der Waals surface area contributed by atoms with Crippen LogP contribution in [0.25, 0.3) is 0 Å². The van der Waals surface area contributed by atoms with E-state index in [-0.39, 0.29) is 11.5 Å². The smallest absolute Gasteiger partial charge is 0.146 e. The van der Waals surface area contributed by atoms with Gasteiger partial charge in [-0.05, 0) is 24.5 Å². The number of nitrogens with one attached hydrogen (secondary N) is 1. The van der Waals surface area contributed by atoms with E-state index in [9.17, 15) is 4.39 Å². The largest absolute Gasteiger partial charge is 0.396 e. The molecule has 0 amide bonds. The summed E-state index contributed by atoms with van der Waals surface area (Å²) in [5.41, 5.74) is 6.75. The molecule has 1 saturated carbocycles. The third kappa shape index (κ3) is 1.87. The van der Waals surface area contributed by atoms with Gasteiger partial charge in [-0.15, -0.1) is 0 Å². The highest BCUT2D eigenvalue weighted by Crippen LogP contribution is 2.20. The fourth-order valence-corrected chi connectivity index (χ4v) is 1.60. The molecule has 0 aliphatic heterocycles. The molecule has 3 heteroatoms. The molecule has 1 aromatic rings. The molecule has 0 aromatic heterocycles. The van der Waals surface area contributed by atoms with Crippen molar-refractivity contribution in [2.45, 2.75) is 31.8 Å². The molecule has 0 heterocycles. The first-order valence-corrected chi connectivity index (χ1v) is 5.03. The summed E-state index contributed by atoms with van der Waals surface area (Å²) in [6, 6.07) is 5.56. The predicted octanol–water partition coefficient (Wildman–Crippen LogP) is 2.05. The molecule has 1 aliphatic carbocycles. The Morgan fingerprint density at radius 2 is 2.21 bits per heavy atom. The molecule has 3 N–H and O–H groups in total. The second kappa shape index (κ2) is 3.96. The number of para-hydroxylation sites is 1. The molecule has 2 rings (SSSR count). The summed E-state index contributed by atoms with van der Waals surface area (Å²) in [5, 5.41) is 3.36. The number of anilines is 1. The van der Waals surface area contributed by atoms with Crippen LogP contribution in [0, 0.1) is 5.82 Å². The molecule has 1 fully saturated rings. The molecular formula is C11H15FN2. The van der Waals surface area contributed by atoms with Crippen LogP contribution in [-0.2, 0) is 6.54 Å². The normalized spacial score (nSPS) is 16.6. The maximum Gasteiger partial charge on any atom is 0.146 e. The molecule has 0 bridgehead atoms. The zero-order chi connectivity index (χ0) is 9.97. The molecule has 0 radical (unpaired) electrons. The summed E-state index contributed by atoms with van der Waals surface area (Å²) in [6.07, 6.45) is 3.76. The first kappa shape index (κ1) is 9.46. The van der Waals surface area contributed by atoms with Crippen LogP contribution in [0.15, 0.2) is 18.2 Å². The second-order valence-corrected chi connectivity index (χ2v) is 3.82. The maximum atomic E-state index is 13.0. The topological polar surface area (TPSA) is 38.0 Å². The molecule has 1 aromatic carbocycles. The van der Waals surface area contributed by atoms with Gasteiger partial charge in [-0.1, -0.05) is 18.6 Å². The highest BCUT2D eigenvalue weighted by Gasteiger charge is 2.16. The van der Waals surface area contributed by atoms with Crippen LogP contribution in [0.5, 0.6) is 0 Å². The van der Waals surface area contributed by atoms with Crippen molar-refractivity contribution in [2.75, 3.05) is 5.73 Å². The van der Waals surface area contributed by atoms with Crippen molar-refractivity contribution in [3.8, 4) is 0 Å². The van der Waals surface area contributed by atoms with Crippen LogP contribution in [0.1, 0.15) is 24.8 Å². The van der Waals surface area contributed by atoms with E-state index in [0.717, 1.165) is 5.56 Å². The highest BCUT2D eigenvalue weighted by molar-refractivity contribution is 5.47. The van der Waals surface area contributed by atoms with Gasteiger partial charge in [0, 0.05) is 12.6 Å². The van der Waals surface area contributed by atoms with Gasteiger partial charge in [0.05, 0.1) is 5.69 Å². The van der Waals surface area contributed by atoms with Gasteiger partial charge in [0.15, 0.2) is 0 Å². The number of nitrogens with two attached hydrogens (primary N) is 1. The quantitative estimate of drug-likeness (QED) is 0.723. The lowest BCUT2D eigenvalue weighted by Crippen LogP contribution is -2.34. The Bertz CT molecular complexity index is 321. The maximum absolute atomic E-state index is 13.0. The van der Waals surface area contributed by atoms with Crippen LogP contribution in [0.2, 0.25) is 0 Å². The minimum Gasteiger partial charge on any atom is -0.396 e. The summed E-state index contributed by atoms with van der Waals surface area (Å²) in [5.74, 6) is -0.321. The standard InChI is InChI=1S/C11H15FN2/c12-10-6-1-3-8(11(10)13)7-14-9-4-2-5-9/h1,3,6,9,14H,2,4-5,7,13H2. The fraction of sp³-hybridized carbons (Fsp3) is 0.455. The molecule has 0 spiro atoms. The summed E-state index contributed by atoms with van der Waals surface area (Å²) in [7, 11) is 0. The van der Waals surface area contributed by atoms with Crippen molar-refractivity contribution in [3.05, 3.63) is 29.6 Å². The van der Waals surface area contributed by atoms with Gasteiger partial charge in [-0.25, -0.2) is 4.39 Å². The van der Waals surface area contributed by atoms with Gasteiger partial charge < -0.3 is 11.1 Å². The first-order chi connectivity index (χ1) is 6.77. The first-order valence-electron chi connectivity index (χ1n) is 5.03. The van der Waals surface area contributed by atoms with Gasteiger partial charge in [0.2, 0.25) is 0 Å². The Balaban J connectivity index is 1.97. The number of hydrogen-bond acceptors (Lipinski definition) is 2. The molecule has 0 unspecified atom stereocenters. The van der Waals surface area contributed by atoms with Crippen molar-refractivity contribution < 1.29 is 4.39 Å². The molecule has 0 saturated heterocycles. The van der Waals surface area contributed by atoms with E-state index in [2.05, 4.69) is 5.32 Å². The average Bonchev–Trinajstić information content (AvgIpc) is 2.09. The molecule has 0 atom stereocenters. The minimum atomic E-state index is -0.321. The zero-order valence-electron chi connectivity index (χ0n) is 8.09. The Kier molecular flexibility index (Phi) is 2.68. The molecular weight excluding hydrogens is 179 g/mol. The van der Waals surface area contributed by atoms with Gasteiger partial charge in [0.25, 0.3) is 0 Å². The summed E-state index contributed by atoms with van der Waals surface area (Å²) in [6.45, 7) is 0.675. The van der Waals surface area contributed by atoms with E-state index in [1.54, 1.807) is 6.07 Å². The van der Waals surface area contributed by atoms with Crippen LogP contribution in [0.3, 0.4) is 0 Å². The Morgan fingerprint density at radius 1 is 1.43 bits per heavy atom. The monoisotopic (exact) mass is 194 g/mol. The third-order valence-corrected chi connectivity index (χ3v) is 2.83. The minimum absolute atomic E-state index is 0.277. The van der Waals surface area contributed by atoms with Crippen LogP contribution < -0.4 is 11.1 Å². The van der Waals surface area contributed by atoms with Crippen molar-refractivity contribution in [2.24, 2.45) is 0 Å². The van der Waals surface area contributed by atoms with Crippen LogP contribution in [0.4, 0.5) is 10.1 Å². The van der Waals surface area contributed by atoms with Gasteiger partial charge in [-0.3, -0.25) is 0 Å². The number of hydrogen-bond donors (Lipinski definition) is 2. The Labute approximate surface area is 83.3 Å². The summed E-state index contributed by atoms with van der Waals surface area (Å²) < 4.78 is 13.0. The van der Waals surface area contributed by atoms with Crippen molar-refractivity contribution in [1.29, 1.82) is 0 Å². The lowest BCUT2D eigenvalue weighted by molar-refractivity contribution is 0.338. The van der Waals surface area contributed by atoms with Crippen molar-refractivity contribution in [1.82, 2.24) is 5.32 Å². The van der Waals surface area contributed by atoms with Gasteiger partial charge >= 0.3 is 0 Å². The van der Waals surface area contributed by atoms with E-state index < -0.39 is 0 Å². The Hall–Kier alpha value is -1.09. The fourth-order valence-electron chi connectivity index (χ4n) is 1.60. The molecule has 14 heavy (non-hydrogen) atoms. The number of nitrogen functional groups attached to an aromatic ring is 1. The number of halogens is 1. The number of benzene rings is 1. The predicted molar refractivity (Wildman–Crippen MR) is 55.3 cm³/mol. The summed E-state index contributed by atoms with van der Waals surface area (Å²) in [4.78, 5) is 0. The van der Waals surface area contributed by atoms with E-state index in [0.29, 0.717) is 12.6 Å². The van der Waals surface area contributed by atoms with E-state index >= 15 is 0 Å². The number of rotatable bonds is 3. The van der Waals surface area contributed by atoms with Crippen LogP contribution >= 0.6 is 0 Å². The molecule has 76 valence electrons. The lowest BCUT2D eigenvalue weighted by Gasteiger charge is -2.26. The van der Waals surface area contributed by atoms with Gasteiger partial charge in [0.1, 0.15) is 5.82 Å². The SMILES string of the molecule is Nc1c(F)cccc1CNC1CCC1. The van der Waals surface area contributed by atoms with E-state index in [1.807, 2.05) is 6.07 Å². The van der Waals surface area contributed by atoms with Crippen molar-refractivity contribution >= 4 is 5.69 Å². The summed E-state index contributed by atoms with van der Waals surface area (Å²) >= 11 is 0. The van der Waals surface area contributed by atoms with E-state index in [4.69, 9.17) is 5.73 Å². The Morgan fingerprint density at radius 3 is 2.86 bits per heavy atom. The lowest BCUT2D eigenvalue weighted by atomic mass is 9.93. The van der Waals surface area contributed by atoms with E-state index in [1.165, 1.54) is 25.3 Å². The third-order valence-electron chi connectivity index (χ3n) is 2.83. The van der Waals surface area contributed by atoms with Crippen molar-refractivity contribution in [3.63, 3.8) is 0 Å². The van der Waals surface area contributed by atoms with Gasteiger partial charge in [-0.2, -0.15) is 0 Å². The van der Waals surface area contributed by atoms with Crippen LogP contribution in [-0.4, -0.2) is 6.04 Å². The average molecular weight is 194 g/mol. The highest BCUT2D eigenvalue weighted by atomic mass is 19.1. The molecule has 1 aliphatic rings. The molecule has 2 nitrogen and oxygen atoms in total. The second-order valence-electron chi connectivity index (χ2n) is 3.82.